The second kappa shape index (κ2) is 8.98. The number of hydrogen-bond acceptors (Lipinski definition) is 4. The average Bonchev–Trinajstić information content (AvgIpc) is 2.71. The highest BCUT2D eigenvalue weighted by atomic mass is 16.5. The Kier molecular flexibility index (Phi) is 7.28. The molecule has 4 nitrogen and oxygen atoms in total. The molecule has 1 atom stereocenters. The van der Waals surface area contributed by atoms with Gasteiger partial charge >= 0.3 is 0 Å². The number of hydrogen-bond donors (Lipinski definition) is 1. The van der Waals surface area contributed by atoms with E-state index in [-0.39, 0.29) is 0 Å². The SMILES string of the molecule is CCC(CCN)N1CCCN(CC2CCOCC2)CC1. The van der Waals surface area contributed by atoms with Gasteiger partial charge in [0.05, 0.1) is 0 Å². The molecule has 2 rings (SSSR count). The third-order valence-corrected chi connectivity index (χ3v) is 4.97. The van der Waals surface area contributed by atoms with Gasteiger partial charge in [0.15, 0.2) is 0 Å². The molecule has 2 heterocycles. The Bertz CT molecular complexity index is 256. The molecule has 0 bridgehead atoms. The fourth-order valence-corrected chi connectivity index (χ4v) is 3.67. The Morgan fingerprint density at radius 1 is 1.15 bits per heavy atom. The molecule has 0 radical (unpaired) electrons. The lowest BCUT2D eigenvalue weighted by molar-refractivity contribution is 0.0527. The number of nitrogens with two attached hydrogens (primary N) is 1. The summed E-state index contributed by atoms with van der Waals surface area (Å²) in [5.74, 6) is 0.862. The van der Waals surface area contributed by atoms with Crippen LogP contribution in [0, 0.1) is 5.92 Å². The number of ether oxygens (including phenoxy) is 1. The summed E-state index contributed by atoms with van der Waals surface area (Å²) in [4.78, 5) is 5.36. The molecule has 118 valence electrons. The Balaban J connectivity index is 1.76. The molecule has 1 unspecified atom stereocenters. The zero-order chi connectivity index (χ0) is 14.2. The summed E-state index contributed by atoms with van der Waals surface area (Å²) in [6.07, 6.45) is 6.20. The predicted molar refractivity (Wildman–Crippen MR) is 83.9 cm³/mol. The first-order valence-electron chi connectivity index (χ1n) is 8.57. The molecule has 0 aromatic heterocycles. The molecule has 0 aromatic rings. The van der Waals surface area contributed by atoms with Gasteiger partial charge in [0.25, 0.3) is 0 Å². The van der Waals surface area contributed by atoms with Crippen LogP contribution in [0.25, 0.3) is 0 Å². The van der Waals surface area contributed by atoms with Crippen LogP contribution in [0.3, 0.4) is 0 Å². The smallest absolute Gasteiger partial charge is 0.0469 e. The van der Waals surface area contributed by atoms with Crippen LogP contribution in [-0.4, -0.2) is 68.3 Å². The Labute approximate surface area is 124 Å². The first-order valence-corrected chi connectivity index (χ1v) is 8.57. The minimum Gasteiger partial charge on any atom is -0.381 e. The van der Waals surface area contributed by atoms with Crippen LogP contribution in [0.15, 0.2) is 0 Å². The fraction of sp³-hybridized carbons (Fsp3) is 1.00. The van der Waals surface area contributed by atoms with Gasteiger partial charge in [-0.05, 0) is 57.7 Å². The van der Waals surface area contributed by atoms with Gasteiger partial charge in [0.1, 0.15) is 0 Å². The lowest BCUT2D eigenvalue weighted by atomic mass is 10.00. The molecule has 0 amide bonds. The van der Waals surface area contributed by atoms with Crippen molar-refractivity contribution in [2.24, 2.45) is 11.7 Å². The second-order valence-electron chi connectivity index (χ2n) is 6.39. The van der Waals surface area contributed by atoms with Gasteiger partial charge in [-0.3, -0.25) is 4.90 Å². The molecule has 2 aliphatic rings. The fourth-order valence-electron chi connectivity index (χ4n) is 3.67. The zero-order valence-corrected chi connectivity index (χ0v) is 13.2. The minimum atomic E-state index is 0.697. The number of nitrogens with zero attached hydrogens (tertiary/aromatic N) is 2. The van der Waals surface area contributed by atoms with E-state index in [0.29, 0.717) is 6.04 Å². The maximum Gasteiger partial charge on any atom is 0.0469 e. The maximum absolute atomic E-state index is 5.75. The first-order chi connectivity index (χ1) is 9.83. The highest BCUT2D eigenvalue weighted by Crippen LogP contribution is 2.18. The first kappa shape index (κ1) is 16.2. The summed E-state index contributed by atoms with van der Waals surface area (Å²) < 4.78 is 5.46. The standard InChI is InChI=1S/C16H33N3O/c1-2-16(4-7-17)19-9-3-8-18(10-11-19)14-15-5-12-20-13-6-15/h15-16H,2-14,17H2,1H3. The van der Waals surface area contributed by atoms with Crippen LogP contribution < -0.4 is 5.73 Å². The summed E-state index contributed by atoms with van der Waals surface area (Å²) in [6, 6.07) is 0.697. The van der Waals surface area contributed by atoms with Gasteiger partial charge < -0.3 is 15.4 Å². The van der Waals surface area contributed by atoms with E-state index >= 15 is 0 Å². The molecule has 0 aliphatic carbocycles. The van der Waals surface area contributed by atoms with Crippen molar-refractivity contribution in [3.63, 3.8) is 0 Å². The Morgan fingerprint density at radius 2 is 1.95 bits per heavy atom. The van der Waals surface area contributed by atoms with Gasteiger partial charge in [-0.25, -0.2) is 0 Å². The van der Waals surface area contributed by atoms with Crippen molar-refractivity contribution in [3.05, 3.63) is 0 Å². The van der Waals surface area contributed by atoms with Gasteiger partial charge in [-0.2, -0.15) is 0 Å². The predicted octanol–water partition coefficient (Wildman–Crippen LogP) is 1.55. The summed E-state index contributed by atoms with van der Waals surface area (Å²) >= 11 is 0. The average molecular weight is 283 g/mol. The number of rotatable bonds is 6. The second-order valence-corrected chi connectivity index (χ2v) is 6.39. The van der Waals surface area contributed by atoms with E-state index in [1.165, 1.54) is 58.4 Å². The molecule has 4 heteroatoms. The van der Waals surface area contributed by atoms with E-state index in [1.54, 1.807) is 0 Å². The molecule has 0 aromatic carbocycles. The molecule has 2 saturated heterocycles. The Morgan fingerprint density at radius 3 is 2.65 bits per heavy atom. The van der Waals surface area contributed by atoms with Crippen molar-refractivity contribution in [2.45, 2.75) is 45.1 Å². The maximum atomic E-state index is 5.75. The van der Waals surface area contributed by atoms with Gasteiger partial charge in [0.2, 0.25) is 0 Å². The van der Waals surface area contributed by atoms with Crippen LogP contribution >= 0.6 is 0 Å². The molecule has 0 spiro atoms. The van der Waals surface area contributed by atoms with Crippen LogP contribution in [0.5, 0.6) is 0 Å². The van der Waals surface area contributed by atoms with Crippen molar-refractivity contribution in [3.8, 4) is 0 Å². The quantitative estimate of drug-likeness (QED) is 0.803. The zero-order valence-electron chi connectivity index (χ0n) is 13.2. The summed E-state index contributed by atoms with van der Waals surface area (Å²) in [5.41, 5.74) is 5.75. The monoisotopic (exact) mass is 283 g/mol. The van der Waals surface area contributed by atoms with Crippen LogP contribution in [0.1, 0.15) is 39.0 Å². The van der Waals surface area contributed by atoms with Crippen molar-refractivity contribution >= 4 is 0 Å². The molecule has 2 N–H and O–H groups in total. The van der Waals surface area contributed by atoms with Gasteiger partial charge in [-0.1, -0.05) is 6.92 Å². The largest absolute Gasteiger partial charge is 0.381 e. The molecular weight excluding hydrogens is 250 g/mol. The normalized spacial score (nSPS) is 25.5. The highest BCUT2D eigenvalue weighted by molar-refractivity contribution is 4.78. The molecule has 2 fully saturated rings. The van der Waals surface area contributed by atoms with E-state index in [9.17, 15) is 0 Å². The molecule has 0 saturated carbocycles. The Hall–Kier alpha value is -0.160. The lowest BCUT2D eigenvalue weighted by Gasteiger charge is -2.31. The van der Waals surface area contributed by atoms with Crippen molar-refractivity contribution in [1.29, 1.82) is 0 Å². The molecule has 20 heavy (non-hydrogen) atoms. The minimum absolute atomic E-state index is 0.697. The van der Waals surface area contributed by atoms with Crippen LogP contribution in [0.2, 0.25) is 0 Å². The summed E-state index contributed by atoms with van der Waals surface area (Å²) in [7, 11) is 0. The summed E-state index contributed by atoms with van der Waals surface area (Å²) in [5, 5.41) is 0. The van der Waals surface area contributed by atoms with Gasteiger partial charge in [-0.15, -0.1) is 0 Å². The van der Waals surface area contributed by atoms with Crippen molar-refractivity contribution < 1.29 is 4.74 Å². The van der Waals surface area contributed by atoms with E-state index in [1.807, 2.05) is 0 Å². The lowest BCUT2D eigenvalue weighted by Crippen LogP contribution is -2.40. The third-order valence-electron chi connectivity index (χ3n) is 4.97. The van der Waals surface area contributed by atoms with E-state index < -0.39 is 0 Å². The van der Waals surface area contributed by atoms with Crippen LogP contribution in [-0.2, 0) is 4.74 Å². The van der Waals surface area contributed by atoms with E-state index in [4.69, 9.17) is 10.5 Å². The highest BCUT2D eigenvalue weighted by Gasteiger charge is 2.23. The summed E-state index contributed by atoms with van der Waals surface area (Å²) in [6.45, 7) is 11.3. The van der Waals surface area contributed by atoms with E-state index in [2.05, 4.69) is 16.7 Å². The topological polar surface area (TPSA) is 41.7 Å². The molecule has 2 aliphatic heterocycles. The van der Waals surface area contributed by atoms with Gasteiger partial charge in [0, 0.05) is 38.9 Å². The van der Waals surface area contributed by atoms with E-state index in [0.717, 1.165) is 32.1 Å². The van der Waals surface area contributed by atoms with Crippen LogP contribution in [0.4, 0.5) is 0 Å². The van der Waals surface area contributed by atoms with Crippen molar-refractivity contribution in [2.75, 3.05) is 52.5 Å². The van der Waals surface area contributed by atoms with Crippen molar-refractivity contribution in [1.82, 2.24) is 9.80 Å². The molecular formula is C16H33N3O. The third kappa shape index (κ3) is 4.99.